The van der Waals surface area contributed by atoms with Gasteiger partial charge >= 0.3 is 0 Å². The first-order valence-electron chi connectivity index (χ1n) is 3.18. The van der Waals surface area contributed by atoms with Crippen LogP contribution in [0, 0.1) is 0 Å². The van der Waals surface area contributed by atoms with Gasteiger partial charge in [0.25, 0.3) is 0 Å². The van der Waals surface area contributed by atoms with E-state index in [9.17, 15) is 0 Å². The monoisotopic (exact) mass is 203 g/mol. The van der Waals surface area contributed by atoms with Gasteiger partial charge < -0.3 is 5.73 Å². The Kier molecular flexibility index (Phi) is 2.74. The standard InChI is InChI=1S/C6H10BrN3/c7-3-1-5-10-6(8)2-4-9-10/h2,4H,1,3,5,8H2. The smallest absolute Gasteiger partial charge is 0.121 e. The molecule has 0 spiro atoms. The van der Waals surface area contributed by atoms with E-state index in [1.54, 1.807) is 16.9 Å². The molecule has 0 saturated carbocycles. The van der Waals surface area contributed by atoms with Gasteiger partial charge in [0.15, 0.2) is 0 Å². The van der Waals surface area contributed by atoms with Crippen LogP contribution < -0.4 is 5.73 Å². The fourth-order valence-electron chi connectivity index (χ4n) is 0.739. The number of halogens is 1. The number of hydrogen-bond donors (Lipinski definition) is 1. The van der Waals surface area contributed by atoms with E-state index in [1.165, 1.54) is 0 Å². The van der Waals surface area contributed by atoms with Gasteiger partial charge in [-0.1, -0.05) is 15.9 Å². The number of anilines is 1. The number of aromatic nitrogens is 2. The molecule has 0 aliphatic rings. The van der Waals surface area contributed by atoms with Crippen LogP contribution in [0.4, 0.5) is 5.82 Å². The summed E-state index contributed by atoms with van der Waals surface area (Å²) in [5.41, 5.74) is 5.57. The highest BCUT2D eigenvalue weighted by Gasteiger charge is 1.94. The zero-order valence-corrected chi connectivity index (χ0v) is 7.21. The lowest BCUT2D eigenvalue weighted by Gasteiger charge is -1.99. The van der Waals surface area contributed by atoms with Crippen molar-refractivity contribution in [3.05, 3.63) is 12.3 Å². The Balaban J connectivity index is 2.49. The number of aryl methyl sites for hydroxylation is 1. The minimum absolute atomic E-state index is 0.737. The summed E-state index contributed by atoms with van der Waals surface area (Å²) in [6.07, 6.45) is 2.77. The molecule has 56 valence electrons. The van der Waals surface area contributed by atoms with Crippen LogP contribution in [-0.4, -0.2) is 15.1 Å². The average Bonchev–Trinajstić information content (AvgIpc) is 2.31. The van der Waals surface area contributed by atoms with Crippen molar-refractivity contribution in [1.82, 2.24) is 9.78 Å². The quantitative estimate of drug-likeness (QED) is 0.753. The van der Waals surface area contributed by atoms with E-state index in [-0.39, 0.29) is 0 Å². The first-order valence-corrected chi connectivity index (χ1v) is 4.30. The lowest BCUT2D eigenvalue weighted by molar-refractivity contribution is 0.616. The molecule has 0 aliphatic heterocycles. The van der Waals surface area contributed by atoms with E-state index in [1.807, 2.05) is 0 Å². The molecule has 3 nitrogen and oxygen atoms in total. The molecule has 0 fully saturated rings. The maximum atomic E-state index is 5.57. The Morgan fingerprint density at radius 3 is 3.00 bits per heavy atom. The maximum absolute atomic E-state index is 5.57. The summed E-state index contributed by atoms with van der Waals surface area (Å²) in [5, 5.41) is 5.02. The molecule has 0 atom stereocenters. The zero-order valence-electron chi connectivity index (χ0n) is 5.63. The molecule has 0 radical (unpaired) electrons. The first kappa shape index (κ1) is 7.60. The van der Waals surface area contributed by atoms with E-state index < -0.39 is 0 Å². The molecule has 0 aromatic carbocycles. The highest BCUT2D eigenvalue weighted by atomic mass is 79.9. The van der Waals surface area contributed by atoms with Crippen molar-refractivity contribution in [2.24, 2.45) is 0 Å². The minimum atomic E-state index is 0.737. The van der Waals surface area contributed by atoms with Gasteiger partial charge in [-0.15, -0.1) is 0 Å². The molecule has 1 heterocycles. The van der Waals surface area contributed by atoms with Crippen LogP contribution in [0.1, 0.15) is 6.42 Å². The van der Waals surface area contributed by atoms with Crippen molar-refractivity contribution in [2.75, 3.05) is 11.1 Å². The number of nitrogens with two attached hydrogens (primary N) is 1. The summed E-state index contributed by atoms with van der Waals surface area (Å²) in [6, 6.07) is 1.80. The summed E-state index contributed by atoms with van der Waals surface area (Å²) in [6.45, 7) is 0.893. The topological polar surface area (TPSA) is 43.8 Å². The van der Waals surface area contributed by atoms with Crippen LogP contribution >= 0.6 is 15.9 Å². The third-order valence-corrected chi connectivity index (χ3v) is 1.81. The van der Waals surface area contributed by atoms with Gasteiger partial charge in [0.05, 0.1) is 6.20 Å². The Labute approximate surface area is 68.3 Å². The van der Waals surface area contributed by atoms with Crippen molar-refractivity contribution in [2.45, 2.75) is 13.0 Å². The summed E-state index contributed by atoms with van der Waals surface area (Å²) in [5.74, 6) is 0.737. The largest absolute Gasteiger partial charge is 0.384 e. The van der Waals surface area contributed by atoms with Crippen LogP contribution in [0.25, 0.3) is 0 Å². The van der Waals surface area contributed by atoms with Gasteiger partial charge in [-0.2, -0.15) is 5.10 Å². The predicted octanol–water partition coefficient (Wildman–Crippen LogP) is 1.25. The fraction of sp³-hybridized carbons (Fsp3) is 0.500. The summed E-state index contributed by atoms with van der Waals surface area (Å²) >= 11 is 3.34. The molecule has 0 aliphatic carbocycles. The minimum Gasteiger partial charge on any atom is -0.384 e. The molecular formula is C6H10BrN3. The van der Waals surface area contributed by atoms with Crippen molar-refractivity contribution in [3.8, 4) is 0 Å². The van der Waals surface area contributed by atoms with Crippen molar-refractivity contribution in [1.29, 1.82) is 0 Å². The molecule has 1 rings (SSSR count). The van der Waals surface area contributed by atoms with Crippen LogP contribution in [-0.2, 0) is 6.54 Å². The second kappa shape index (κ2) is 3.61. The Hall–Kier alpha value is -0.510. The first-order chi connectivity index (χ1) is 4.84. The molecule has 0 unspecified atom stereocenters. The third-order valence-electron chi connectivity index (χ3n) is 1.25. The number of rotatable bonds is 3. The molecule has 0 amide bonds. The maximum Gasteiger partial charge on any atom is 0.121 e. The molecule has 0 saturated heterocycles. The van der Waals surface area contributed by atoms with Gasteiger partial charge in [0, 0.05) is 11.9 Å². The third kappa shape index (κ3) is 1.73. The van der Waals surface area contributed by atoms with Gasteiger partial charge in [-0.25, -0.2) is 0 Å². The highest BCUT2D eigenvalue weighted by molar-refractivity contribution is 9.09. The van der Waals surface area contributed by atoms with Crippen LogP contribution in [0.15, 0.2) is 12.3 Å². The number of hydrogen-bond acceptors (Lipinski definition) is 2. The normalized spacial score (nSPS) is 10.1. The van der Waals surface area contributed by atoms with Crippen LogP contribution in [0.5, 0.6) is 0 Å². The van der Waals surface area contributed by atoms with Gasteiger partial charge in [0.1, 0.15) is 5.82 Å². The number of nitrogen functional groups attached to an aromatic ring is 1. The second-order valence-electron chi connectivity index (χ2n) is 2.02. The molecular weight excluding hydrogens is 194 g/mol. The van der Waals surface area contributed by atoms with Crippen molar-refractivity contribution in [3.63, 3.8) is 0 Å². The van der Waals surface area contributed by atoms with E-state index >= 15 is 0 Å². The number of alkyl halides is 1. The van der Waals surface area contributed by atoms with Crippen LogP contribution in [0.3, 0.4) is 0 Å². The van der Waals surface area contributed by atoms with Crippen molar-refractivity contribution >= 4 is 21.7 Å². The molecule has 4 heteroatoms. The molecule has 1 aromatic heterocycles. The second-order valence-corrected chi connectivity index (χ2v) is 2.81. The SMILES string of the molecule is Nc1ccnn1CCCBr. The Morgan fingerprint density at radius 2 is 2.50 bits per heavy atom. The van der Waals surface area contributed by atoms with E-state index in [4.69, 9.17) is 5.73 Å². The van der Waals surface area contributed by atoms with Crippen molar-refractivity contribution < 1.29 is 0 Å². The molecule has 10 heavy (non-hydrogen) atoms. The lowest BCUT2D eigenvalue weighted by atomic mass is 10.5. The zero-order chi connectivity index (χ0) is 7.40. The predicted molar refractivity (Wildman–Crippen MR) is 45.1 cm³/mol. The summed E-state index contributed by atoms with van der Waals surface area (Å²) in [4.78, 5) is 0. The van der Waals surface area contributed by atoms with Crippen LogP contribution in [0.2, 0.25) is 0 Å². The van der Waals surface area contributed by atoms with Gasteiger partial charge in [0.2, 0.25) is 0 Å². The van der Waals surface area contributed by atoms with E-state index in [0.717, 1.165) is 24.1 Å². The highest BCUT2D eigenvalue weighted by Crippen LogP contribution is 2.01. The fourth-order valence-corrected chi connectivity index (χ4v) is 0.990. The molecule has 0 bridgehead atoms. The number of nitrogens with zero attached hydrogens (tertiary/aromatic N) is 2. The molecule has 1 aromatic rings. The Bertz CT molecular complexity index is 197. The summed E-state index contributed by atoms with van der Waals surface area (Å²) in [7, 11) is 0. The van der Waals surface area contributed by atoms with E-state index in [0.29, 0.717) is 0 Å². The molecule has 2 N–H and O–H groups in total. The lowest BCUT2D eigenvalue weighted by Crippen LogP contribution is -2.04. The summed E-state index contributed by atoms with van der Waals surface area (Å²) < 4.78 is 1.79. The van der Waals surface area contributed by atoms with E-state index in [2.05, 4.69) is 21.0 Å². The van der Waals surface area contributed by atoms with Gasteiger partial charge in [-0.3, -0.25) is 4.68 Å². The average molecular weight is 204 g/mol. The van der Waals surface area contributed by atoms with Gasteiger partial charge in [-0.05, 0) is 12.5 Å². The Morgan fingerprint density at radius 1 is 1.70 bits per heavy atom.